The molecule has 0 N–H and O–H groups in total. The Kier molecular flexibility index (Phi) is 2.85. The summed E-state index contributed by atoms with van der Waals surface area (Å²) in [5.74, 6) is 0.818. The maximum absolute atomic E-state index is 5.51. The first-order valence-electron chi connectivity index (χ1n) is 7.31. The van der Waals surface area contributed by atoms with Crippen molar-refractivity contribution < 1.29 is 4.42 Å². The third-order valence-corrected chi connectivity index (χ3v) is 4.02. The van der Waals surface area contributed by atoms with E-state index in [0.29, 0.717) is 0 Å². The van der Waals surface area contributed by atoms with Crippen molar-refractivity contribution in [3.63, 3.8) is 0 Å². The van der Waals surface area contributed by atoms with Crippen molar-refractivity contribution in [2.75, 3.05) is 0 Å². The molecule has 4 rings (SSSR count). The summed E-state index contributed by atoms with van der Waals surface area (Å²) < 4.78 is 5.51. The average molecular weight is 276 g/mol. The highest BCUT2D eigenvalue weighted by Crippen LogP contribution is 2.33. The van der Waals surface area contributed by atoms with E-state index >= 15 is 0 Å². The molecule has 0 spiro atoms. The summed E-state index contributed by atoms with van der Waals surface area (Å²) in [4.78, 5) is 9.36. The number of rotatable bonds is 2. The van der Waals surface area contributed by atoms with Crippen LogP contribution in [-0.4, -0.2) is 9.97 Å². The summed E-state index contributed by atoms with van der Waals surface area (Å²) in [5.41, 5.74) is 6.82. The van der Waals surface area contributed by atoms with E-state index in [2.05, 4.69) is 24.0 Å². The normalized spacial score (nSPS) is 13.4. The van der Waals surface area contributed by atoms with Crippen LogP contribution in [0.1, 0.15) is 23.1 Å². The van der Waals surface area contributed by atoms with Crippen LogP contribution in [-0.2, 0) is 12.8 Å². The molecule has 0 unspecified atom stereocenters. The number of pyridine rings is 2. The lowest BCUT2D eigenvalue weighted by Gasteiger charge is -2.10. The molecule has 1 aliphatic carbocycles. The largest absolute Gasteiger partial charge is 0.463 e. The van der Waals surface area contributed by atoms with E-state index in [4.69, 9.17) is 9.40 Å². The molecule has 3 aromatic heterocycles. The van der Waals surface area contributed by atoms with Gasteiger partial charge in [0, 0.05) is 6.20 Å². The number of hydrogen-bond donors (Lipinski definition) is 0. The highest BCUT2D eigenvalue weighted by atomic mass is 16.3. The molecule has 0 aromatic carbocycles. The Hall–Kier alpha value is -2.42. The summed E-state index contributed by atoms with van der Waals surface area (Å²) in [6.45, 7) is 2.09. The third kappa shape index (κ3) is 2.15. The Morgan fingerprint density at radius 3 is 2.86 bits per heavy atom. The Morgan fingerprint density at radius 1 is 1.10 bits per heavy atom. The van der Waals surface area contributed by atoms with Gasteiger partial charge in [0.2, 0.25) is 0 Å². The van der Waals surface area contributed by atoms with Crippen LogP contribution in [0.25, 0.3) is 22.8 Å². The smallest absolute Gasteiger partial charge is 0.152 e. The molecule has 0 saturated carbocycles. The molecule has 3 heterocycles. The van der Waals surface area contributed by atoms with Crippen LogP contribution in [0.2, 0.25) is 0 Å². The van der Waals surface area contributed by atoms with Crippen molar-refractivity contribution in [1.82, 2.24) is 9.97 Å². The van der Waals surface area contributed by atoms with Gasteiger partial charge in [0.25, 0.3) is 0 Å². The molecule has 1 aliphatic rings. The summed E-state index contributed by atoms with van der Waals surface area (Å²) in [7, 11) is 0. The number of aryl methyl sites for hydroxylation is 2. The molecule has 3 heteroatoms. The van der Waals surface area contributed by atoms with Gasteiger partial charge >= 0.3 is 0 Å². The number of furan rings is 1. The summed E-state index contributed by atoms with van der Waals surface area (Å²) in [6.07, 6.45) is 6.94. The lowest BCUT2D eigenvalue weighted by Crippen LogP contribution is -1.97. The third-order valence-electron chi connectivity index (χ3n) is 4.02. The zero-order chi connectivity index (χ0) is 14.2. The highest BCUT2D eigenvalue weighted by molar-refractivity contribution is 5.67. The molecule has 0 fully saturated rings. The average Bonchev–Trinajstić information content (AvgIpc) is 3.17. The minimum absolute atomic E-state index is 0.818. The highest BCUT2D eigenvalue weighted by Gasteiger charge is 2.20. The summed E-state index contributed by atoms with van der Waals surface area (Å²) in [5, 5.41) is 0. The van der Waals surface area contributed by atoms with Gasteiger partial charge in [0.15, 0.2) is 5.76 Å². The monoisotopic (exact) mass is 276 g/mol. The van der Waals surface area contributed by atoms with Gasteiger partial charge in [-0.1, -0.05) is 0 Å². The Labute approximate surface area is 123 Å². The van der Waals surface area contributed by atoms with Crippen LogP contribution in [0.5, 0.6) is 0 Å². The van der Waals surface area contributed by atoms with E-state index < -0.39 is 0 Å². The first-order valence-corrected chi connectivity index (χ1v) is 7.31. The van der Waals surface area contributed by atoms with Gasteiger partial charge in [-0.3, -0.25) is 4.98 Å². The van der Waals surface area contributed by atoms with Crippen molar-refractivity contribution in [2.24, 2.45) is 0 Å². The Morgan fingerprint density at radius 2 is 2.05 bits per heavy atom. The molecule has 0 amide bonds. The Balaban J connectivity index is 1.93. The van der Waals surface area contributed by atoms with E-state index in [1.807, 2.05) is 24.4 Å². The first-order chi connectivity index (χ1) is 10.3. The molecule has 21 heavy (non-hydrogen) atoms. The van der Waals surface area contributed by atoms with E-state index in [-0.39, 0.29) is 0 Å². The quantitative estimate of drug-likeness (QED) is 0.704. The number of aromatic nitrogens is 2. The predicted molar refractivity (Wildman–Crippen MR) is 81.9 cm³/mol. The van der Waals surface area contributed by atoms with Gasteiger partial charge in [-0.25, -0.2) is 4.98 Å². The maximum Gasteiger partial charge on any atom is 0.152 e. The second-order valence-corrected chi connectivity index (χ2v) is 5.54. The molecule has 0 atom stereocenters. The topological polar surface area (TPSA) is 38.9 Å². The van der Waals surface area contributed by atoms with Crippen molar-refractivity contribution in [3.8, 4) is 22.8 Å². The minimum Gasteiger partial charge on any atom is -0.463 e. The fourth-order valence-corrected chi connectivity index (χ4v) is 3.01. The lowest BCUT2D eigenvalue weighted by atomic mass is 10.0. The van der Waals surface area contributed by atoms with Crippen molar-refractivity contribution >= 4 is 0 Å². The standard InChI is InChI=1S/C18H16N2O/c1-12-7-8-19-16(10-12)18-14-5-2-4-13(14)11-15(20-18)17-6-3-9-21-17/h3,6-11H,2,4-5H2,1H3. The van der Waals surface area contributed by atoms with Crippen molar-refractivity contribution in [3.05, 3.63) is 59.5 Å². The molecule has 0 bridgehead atoms. The number of nitrogens with zero attached hydrogens (tertiary/aromatic N) is 2. The second-order valence-electron chi connectivity index (χ2n) is 5.54. The molecule has 3 aromatic rings. The van der Waals surface area contributed by atoms with E-state index in [1.54, 1.807) is 6.26 Å². The van der Waals surface area contributed by atoms with Gasteiger partial charge in [0.1, 0.15) is 5.69 Å². The fourth-order valence-electron chi connectivity index (χ4n) is 3.01. The number of fused-ring (bicyclic) bond motifs is 1. The van der Waals surface area contributed by atoms with Gasteiger partial charge in [0.05, 0.1) is 17.7 Å². The zero-order valence-electron chi connectivity index (χ0n) is 12.0. The zero-order valence-corrected chi connectivity index (χ0v) is 12.0. The van der Waals surface area contributed by atoms with E-state index in [9.17, 15) is 0 Å². The van der Waals surface area contributed by atoms with Crippen LogP contribution in [0, 0.1) is 6.92 Å². The summed E-state index contributed by atoms with van der Waals surface area (Å²) >= 11 is 0. The number of hydrogen-bond acceptors (Lipinski definition) is 3. The molecular weight excluding hydrogens is 260 g/mol. The predicted octanol–water partition coefficient (Wildman–Crippen LogP) is 4.20. The Bertz CT molecular complexity index is 791. The van der Waals surface area contributed by atoms with Crippen LogP contribution in [0.15, 0.2) is 47.2 Å². The molecule has 0 saturated heterocycles. The first kappa shape index (κ1) is 12.3. The fraction of sp³-hybridized carbons (Fsp3) is 0.222. The summed E-state index contributed by atoms with van der Waals surface area (Å²) in [6, 6.07) is 10.1. The van der Waals surface area contributed by atoms with Crippen molar-refractivity contribution in [2.45, 2.75) is 26.2 Å². The van der Waals surface area contributed by atoms with Crippen LogP contribution in [0.3, 0.4) is 0 Å². The van der Waals surface area contributed by atoms with Crippen molar-refractivity contribution in [1.29, 1.82) is 0 Å². The maximum atomic E-state index is 5.51. The van der Waals surface area contributed by atoms with Gasteiger partial charge in [-0.2, -0.15) is 0 Å². The van der Waals surface area contributed by atoms with Crippen LogP contribution < -0.4 is 0 Å². The van der Waals surface area contributed by atoms with Gasteiger partial charge in [-0.15, -0.1) is 0 Å². The van der Waals surface area contributed by atoms with E-state index in [0.717, 1.165) is 35.7 Å². The molecule has 3 nitrogen and oxygen atoms in total. The lowest BCUT2D eigenvalue weighted by molar-refractivity contribution is 0.580. The minimum atomic E-state index is 0.818. The van der Waals surface area contributed by atoms with Gasteiger partial charge in [-0.05, 0) is 73.2 Å². The van der Waals surface area contributed by atoms with Crippen LogP contribution >= 0.6 is 0 Å². The molecule has 104 valence electrons. The van der Waals surface area contributed by atoms with Gasteiger partial charge < -0.3 is 4.42 Å². The SMILES string of the molecule is Cc1ccnc(-c2nc(-c3ccco3)cc3c2CCC3)c1. The molecule has 0 radical (unpaired) electrons. The van der Waals surface area contributed by atoms with E-state index in [1.165, 1.54) is 23.1 Å². The second kappa shape index (κ2) is 4.85. The van der Waals surface area contributed by atoms with Crippen LogP contribution in [0.4, 0.5) is 0 Å². The molecular formula is C18H16N2O. The molecule has 0 aliphatic heterocycles.